The SMILES string of the molecule is OCC1(NCc2cc(Br)c(Br)s2)CCC1. The van der Waals surface area contributed by atoms with Gasteiger partial charge in [0.15, 0.2) is 0 Å². The molecule has 0 radical (unpaired) electrons. The van der Waals surface area contributed by atoms with Gasteiger partial charge in [0.1, 0.15) is 0 Å². The van der Waals surface area contributed by atoms with E-state index in [-0.39, 0.29) is 12.1 Å². The van der Waals surface area contributed by atoms with Gasteiger partial charge in [-0.05, 0) is 57.2 Å². The van der Waals surface area contributed by atoms with Crippen LogP contribution in [0.2, 0.25) is 0 Å². The number of hydrogen-bond donors (Lipinski definition) is 2. The second-order valence-electron chi connectivity index (χ2n) is 3.98. The van der Waals surface area contributed by atoms with Crippen LogP contribution < -0.4 is 5.32 Å². The summed E-state index contributed by atoms with van der Waals surface area (Å²) in [6.07, 6.45) is 3.42. The highest BCUT2D eigenvalue weighted by Crippen LogP contribution is 2.34. The van der Waals surface area contributed by atoms with E-state index in [0.29, 0.717) is 0 Å². The fourth-order valence-electron chi connectivity index (χ4n) is 1.75. The predicted octanol–water partition coefficient (Wildman–Crippen LogP) is 3.28. The van der Waals surface area contributed by atoms with Crippen LogP contribution in [0.25, 0.3) is 0 Å². The van der Waals surface area contributed by atoms with Gasteiger partial charge in [0, 0.05) is 21.4 Å². The van der Waals surface area contributed by atoms with Gasteiger partial charge in [0.2, 0.25) is 0 Å². The number of aliphatic hydroxyl groups is 1. The molecule has 2 nitrogen and oxygen atoms in total. The molecule has 2 N–H and O–H groups in total. The molecule has 0 bridgehead atoms. The van der Waals surface area contributed by atoms with E-state index in [1.807, 2.05) is 0 Å². The Morgan fingerprint density at radius 1 is 1.47 bits per heavy atom. The van der Waals surface area contributed by atoms with Crippen molar-refractivity contribution in [3.63, 3.8) is 0 Å². The zero-order chi connectivity index (χ0) is 10.9. The third kappa shape index (κ3) is 2.64. The van der Waals surface area contributed by atoms with E-state index in [0.717, 1.165) is 27.6 Å². The molecule has 0 aromatic carbocycles. The summed E-state index contributed by atoms with van der Waals surface area (Å²) in [4.78, 5) is 1.29. The molecule has 1 aromatic heterocycles. The van der Waals surface area contributed by atoms with Gasteiger partial charge in [-0.15, -0.1) is 11.3 Å². The first kappa shape index (κ1) is 12.0. The van der Waals surface area contributed by atoms with E-state index in [2.05, 4.69) is 43.2 Å². The van der Waals surface area contributed by atoms with Crippen LogP contribution in [0, 0.1) is 0 Å². The third-order valence-corrected chi connectivity index (χ3v) is 6.20. The van der Waals surface area contributed by atoms with Crippen molar-refractivity contribution < 1.29 is 5.11 Å². The Hall–Kier alpha value is 0.580. The standard InChI is InChI=1S/C10H13Br2NOS/c11-8-4-7(15-9(8)12)5-13-10(6-14)2-1-3-10/h4,13-14H,1-3,5-6H2. The molecule has 1 aliphatic rings. The third-order valence-electron chi connectivity index (χ3n) is 2.95. The quantitative estimate of drug-likeness (QED) is 0.869. The molecule has 0 unspecified atom stereocenters. The van der Waals surface area contributed by atoms with Crippen molar-refractivity contribution in [1.82, 2.24) is 5.32 Å². The highest BCUT2D eigenvalue weighted by atomic mass is 79.9. The van der Waals surface area contributed by atoms with Gasteiger partial charge in [-0.3, -0.25) is 0 Å². The van der Waals surface area contributed by atoms with Gasteiger partial charge in [0.05, 0.1) is 10.4 Å². The van der Waals surface area contributed by atoms with Crippen LogP contribution in [0.4, 0.5) is 0 Å². The Morgan fingerprint density at radius 2 is 2.20 bits per heavy atom. The molecule has 2 rings (SSSR count). The monoisotopic (exact) mass is 353 g/mol. The maximum absolute atomic E-state index is 9.30. The van der Waals surface area contributed by atoms with Crippen molar-refractivity contribution in [2.45, 2.75) is 31.3 Å². The van der Waals surface area contributed by atoms with Crippen LogP contribution >= 0.6 is 43.2 Å². The summed E-state index contributed by atoms with van der Waals surface area (Å²) >= 11 is 8.68. The Bertz CT molecular complexity index is 324. The molecule has 1 aromatic rings. The summed E-state index contributed by atoms with van der Waals surface area (Å²) < 4.78 is 2.24. The summed E-state index contributed by atoms with van der Waals surface area (Å²) in [5.41, 5.74) is 0.00292. The van der Waals surface area contributed by atoms with E-state index >= 15 is 0 Å². The number of halogens is 2. The van der Waals surface area contributed by atoms with Crippen LogP contribution in [-0.2, 0) is 6.54 Å². The molecule has 5 heteroatoms. The molecular weight excluding hydrogens is 342 g/mol. The molecule has 0 aliphatic heterocycles. The average Bonchev–Trinajstić information content (AvgIpc) is 2.45. The first-order valence-corrected chi connectivity index (χ1v) is 7.35. The molecule has 1 fully saturated rings. The van der Waals surface area contributed by atoms with E-state index in [9.17, 15) is 5.11 Å². The van der Waals surface area contributed by atoms with Crippen LogP contribution in [-0.4, -0.2) is 17.3 Å². The summed E-state index contributed by atoms with van der Waals surface area (Å²) in [5, 5.41) is 12.8. The molecule has 1 heterocycles. The summed E-state index contributed by atoms with van der Waals surface area (Å²) in [6.45, 7) is 1.09. The first-order chi connectivity index (χ1) is 7.15. The van der Waals surface area contributed by atoms with Gasteiger partial charge < -0.3 is 10.4 Å². The number of aliphatic hydroxyl groups excluding tert-OH is 1. The highest BCUT2D eigenvalue weighted by molar-refractivity contribution is 9.13. The number of hydrogen-bond acceptors (Lipinski definition) is 3. The molecule has 0 atom stereocenters. The normalized spacial score (nSPS) is 18.9. The molecule has 0 amide bonds. The van der Waals surface area contributed by atoms with Crippen molar-refractivity contribution in [3.8, 4) is 0 Å². The maximum Gasteiger partial charge on any atom is 0.0843 e. The lowest BCUT2D eigenvalue weighted by atomic mass is 9.77. The minimum absolute atomic E-state index is 0.00292. The zero-order valence-electron chi connectivity index (χ0n) is 8.22. The fraction of sp³-hybridized carbons (Fsp3) is 0.600. The Balaban J connectivity index is 1.92. The average molecular weight is 355 g/mol. The molecule has 0 saturated heterocycles. The van der Waals surface area contributed by atoms with Gasteiger partial charge in [-0.2, -0.15) is 0 Å². The maximum atomic E-state index is 9.30. The van der Waals surface area contributed by atoms with Crippen molar-refractivity contribution in [1.29, 1.82) is 0 Å². The molecule has 1 aliphatic carbocycles. The van der Waals surface area contributed by atoms with Crippen molar-refractivity contribution >= 4 is 43.2 Å². The van der Waals surface area contributed by atoms with Crippen LogP contribution in [0.3, 0.4) is 0 Å². The Labute approximate surface area is 110 Å². The molecule has 15 heavy (non-hydrogen) atoms. The molecule has 84 valence electrons. The zero-order valence-corrected chi connectivity index (χ0v) is 12.2. The van der Waals surface area contributed by atoms with Crippen LogP contribution in [0.15, 0.2) is 14.3 Å². The smallest absolute Gasteiger partial charge is 0.0843 e. The molecule has 0 spiro atoms. The predicted molar refractivity (Wildman–Crippen MR) is 70.2 cm³/mol. The van der Waals surface area contributed by atoms with Crippen molar-refractivity contribution in [2.24, 2.45) is 0 Å². The summed E-state index contributed by atoms with van der Waals surface area (Å²) in [7, 11) is 0. The van der Waals surface area contributed by atoms with Crippen LogP contribution in [0.5, 0.6) is 0 Å². The lowest BCUT2D eigenvalue weighted by Crippen LogP contribution is -2.53. The molecule has 1 saturated carbocycles. The van der Waals surface area contributed by atoms with E-state index < -0.39 is 0 Å². The van der Waals surface area contributed by atoms with Gasteiger partial charge >= 0.3 is 0 Å². The van der Waals surface area contributed by atoms with E-state index in [1.54, 1.807) is 11.3 Å². The number of thiophene rings is 1. The van der Waals surface area contributed by atoms with Gasteiger partial charge in [-0.25, -0.2) is 0 Å². The Kier molecular flexibility index (Phi) is 3.88. The topological polar surface area (TPSA) is 32.3 Å². The lowest BCUT2D eigenvalue weighted by Gasteiger charge is -2.41. The largest absolute Gasteiger partial charge is 0.394 e. The first-order valence-electron chi connectivity index (χ1n) is 4.95. The van der Waals surface area contributed by atoms with Gasteiger partial charge in [0.25, 0.3) is 0 Å². The lowest BCUT2D eigenvalue weighted by molar-refractivity contribution is 0.0875. The van der Waals surface area contributed by atoms with E-state index in [4.69, 9.17) is 0 Å². The Morgan fingerprint density at radius 3 is 2.60 bits per heavy atom. The number of rotatable bonds is 4. The van der Waals surface area contributed by atoms with E-state index in [1.165, 1.54) is 11.3 Å². The number of nitrogens with one attached hydrogen (secondary N) is 1. The van der Waals surface area contributed by atoms with Crippen LogP contribution in [0.1, 0.15) is 24.1 Å². The minimum Gasteiger partial charge on any atom is -0.394 e. The minimum atomic E-state index is 0.00292. The van der Waals surface area contributed by atoms with Gasteiger partial charge in [-0.1, -0.05) is 0 Å². The molecular formula is C10H13Br2NOS. The second-order valence-corrected chi connectivity index (χ2v) is 7.29. The van der Waals surface area contributed by atoms with Crippen molar-refractivity contribution in [2.75, 3.05) is 6.61 Å². The summed E-state index contributed by atoms with van der Waals surface area (Å²) in [5.74, 6) is 0. The highest BCUT2D eigenvalue weighted by Gasteiger charge is 2.35. The fourth-order valence-corrected chi connectivity index (χ4v) is 3.86. The second kappa shape index (κ2) is 4.84. The summed E-state index contributed by atoms with van der Waals surface area (Å²) in [6, 6.07) is 2.12. The van der Waals surface area contributed by atoms with Crippen molar-refractivity contribution in [3.05, 3.63) is 19.2 Å².